The van der Waals surface area contributed by atoms with Crippen molar-refractivity contribution in [3.05, 3.63) is 0 Å². The van der Waals surface area contributed by atoms with Gasteiger partial charge in [0, 0.05) is 32.2 Å². The lowest BCUT2D eigenvalue weighted by Crippen LogP contribution is -2.51. The zero-order valence-corrected chi connectivity index (χ0v) is 15.3. The summed E-state index contributed by atoms with van der Waals surface area (Å²) in [6.45, 7) is 9.35. The number of nitrogens with two attached hydrogens (primary N) is 1. The van der Waals surface area contributed by atoms with Crippen molar-refractivity contribution in [2.24, 2.45) is 23.5 Å². The van der Waals surface area contributed by atoms with Crippen molar-refractivity contribution in [2.45, 2.75) is 70.9 Å². The fourth-order valence-electron chi connectivity index (χ4n) is 4.32. The van der Waals surface area contributed by atoms with E-state index in [-0.39, 0.29) is 6.10 Å². The Labute approximate surface area is 143 Å². The Morgan fingerprint density at radius 1 is 1.13 bits per heavy atom. The summed E-state index contributed by atoms with van der Waals surface area (Å²) in [7, 11) is 0. The molecule has 2 fully saturated rings. The summed E-state index contributed by atoms with van der Waals surface area (Å²) in [6.07, 6.45) is 9.04. The van der Waals surface area contributed by atoms with Gasteiger partial charge < -0.3 is 21.1 Å². The lowest BCUT2D eigenvalue weighted by molar-refractivity contribution is 0.0617. The monoisotopic (exact) mass is 325 g/mol. The molecule has 3 atom stereocenters. The maximum absolute atomic E-state index is 10.3. The van der Waals surface area contributed by atoms with Gasteiger partial charge in [-0.15, -0.1) is 0 Å². The SMILES string of the molecule is CC(C)C(O)CC1CC(NCC2CCCCC2)CN(CCN)C1. The maximum Gasteiger partial charge on any atom is 0.0566 e. The minimum absolute atomic E-state index is 0.170. The van der Waals surface area contributed by atoms with Gasteiger partial charge in [-0.05, 0) is 50.0 Å². The van der Waals surface area contributed by atoms with Gasteiger partial charge in [-0.2, -0.15) is 0 Å². The van der Waals surface area contributed by atoms with Gasteiger partial charge in [0.05, 0.1) is 6.10 Å². The highest BCUT2D eigenvalue weighted by atomic mass is 16.3. The number of rotatable bonds is 8. The summed E-state index contributed by atoms with van der Waals surface area (Å²) in [5.41, 5.74) is 5.78. The Morgan fingerprint density at radius 2 is 1.87 bits per heavy atom. The van der Waals surface area contributed by atoms with Crippen LogP contribution >= 0.6 is 0 Å². The number of piperidine rings is 1. The van der Waals surface area contributed by atoms with Crippen LogP contribution in [0.2, 0.25) is 0 Å². The Kier molecular flexibility index (Phi) is 8.31. The van der Waals surface area contributed by atoms with E-state index in [0.717, 1.165) is 38.5 Å². The zero-order valence-electron chi connectivity index (χ0n) is 15.3. The predicted octanol–water partition coefficient (Wildman–Crippen LogP) is 2.21. The van der Waals surface area contributed by atoms with E-state index in [1.54, 1.807) is 0 Å². The van der Waals surface area contributed by atoms with Crippen LogP contribution in [0, 0.1) is 17.8 Å². The Hall–Kier alpha value is -0.160. The number of hydrogen-bond acceptors (Lipinski definition) is 4. The summed E-state index contributed by atoms with van der Waals surface area (Å²) in [4.78, 5) is 2.50. The number of aliphatic hydroxyl groups is 1. The molecule has 0 aromatic heterocycles. The van der Waals surface area contributed by atoms with Gasteiger partial charge in [0.25, 0.3) is 0 Å². The first-order valence-electron chi connectivity index (χ1n) is 9.92. The molecule has 0 bridgehead atoms. The molecule has 0 spiro atoms. The van der Waals surface area contributed by atoms with E-state index in [1.165, 1.54) is 45.1 Å². The lowest BCUT2D eigenvalue weighted by Gasteiger charge is -2.40. The molecule has 0 radical (unpaired) electrons. The first-order valence-corrected chi connectivity index (χ1v) is 9.92. The second kappa shape index (κ2) is 9.97. The van der Waals surface area contributed by atoms with Crippen LogP contribution in [-0.4, -0.2) is 54.9 Å². The van der Waals surface area contributed by atoms with Crippen LogP contribution in [0.15, 0.2) is 0 Å². The average Bonchev–Trinajstić information content (AvgIpc) is 2.54. The minimum Gasteiger partial charge on any atom is -0.393 e. The summed E-state index contributed by atoms with van der Waals surface area (Å²) < 4.78 is 0. The number of nitrogens with one attached hydrogen (secondary N) is 1. The normalized spacial score (nSPS) is 29.1. The second-order valence-electron chi connectivity index (χ2n) is 8.31. The van der Waals surface area contributed by atoms with Crippen molar-refractivity contribution in [3.8, 4) is 0 Å². The molecule has 1 saturated carbocycles. The fourth-order valence-corrected chi connectivity index (χ4v) is 4.32. The molecule has 2 rings (SSSR count). The molecule has 0 amide bonds. The van der Waals surface area contributed by atoms with E-state index in [4.69, 9.17) is 5.73 Å². The van der Waals surface area contributed by atoms with Crippen LogP contribution < -0.4 is 11.1 Å². The molecule has 1 aliphatic carbocycles. The summed E-state index contributed by atoms with van der Waals surface area (Å²) >= 11 is 0. The largest absolute Gasteiger partial charge is 0.393 e. The van der Waals surface area contributed by atoms with Crippen molar-refractivity contribution >= 4 is 0 Å². The van der Waals surface area contributed by atoms with Crippen LogP contribution in [-0.2, 0) is 0 Å². The molecule has 1 saturated heterocycles. The van der Waals surface area contributed by atoms with Crippen LogP contribution in [0.25, 0.3) is 0 Å². The van der Waals surface area contributed by atoms with Crippen molar-refractivity contribution in [2.75, 3.05) is 32.7 Å². The molecular weight excluding hydrogens is 286 g/mol. The van der Waals surface area contributed by atoms with Gasteiger partial charge in [-0.25, -0.2) is 0 Å². The molecule has 2 aliphatic rings. The van der Waals surface area contributed by atoms with Gasteiger partial charge in [0.1, 0.15) is 0 Å². The molecule has 0 aromatic rings. The topological polar surface area (TPSA) is 61.5 Å². The lowest BCUT2D eigenvalue weighted by atomic mass is 9.85. The highest BCUT2D eigenvalue weighted by Gasteiger charge is 2.29. The fraction of sp³-hybridized carbons (Fsp3) is 1.00. The van der Waals surface area contributed by atoms with E-state index in [0.29, 0.717) is 17.9 Å². The van der Waals surface area contributed by atoms with E-state index < -0.39 is 0 Å². The summed E-state index contributed by atoms with van der Waals surface area (Å²) in [5.74, 6) is 1.83. The first-order chi connectivity index (χ1) is 11.1. The average molecular weight is 326 g/mol. The number of aliphatic hydroxyl groups excluding tert-OH is 1. The molecule has 136 valence electrons. The number of likely N-dealkylation sites (tertiary alicyclic amines) is 1. The maximum atomic E-state index is 10.3. The molecule has 0 aromatic carbocycles. The van der Waals surface area contributed by atoms with Gasteiger partial charge in [0.15, 0.2) is 0 Å². The van der Waals surface area contributed by atoms with Gasteiger partial charge in [-0.1, -0.05) is 33.1 Å². The third-order valence-electron chi connectivity index (χ3n) is 5.82. The predicted molar refractivity (Wildman–Crippen MR) is 97.4 cm³/mol. The molecule has 4 nitrogen and oxygen atoms in total. The molecule has 4 N–H and O–H groups in total. The van der Waals surface area contributed by atoms with E-state index >= 15 is 0 Å². The molecular formula is C19H39N3O. The van der Waals surface area contributed by atoms with Crippen molar-refractivity contribution in [1.82, 2.24) is 10.2 Å². The van der Waals surface area contributed by atoms with E-state index in [1.807, 2.05) is 0 Å². The Bertz CT molecular complexity index is 318. The van der Waals surface area contributed by atoms with Crippen molar-refractivity contribution in [3.63, 3.8) is 0 Å². The Morgan fingerprint density at radius 3 is 2.52 bits per heavy atom. The molecule has 1 heterocycles. The van der Waals surface area contributed by atoms with E-state index in [9.17, 15) is 5.11 Å². The molecule has 23 heavy (non-hydrogen) atoms. The zero-order chi connectivity index (χ0) is 16.7. The minimum atomic E-state index is -0.170. The summed E-state index contributed by atoms with van der Waals surface area (Å²) in [6, 6.07) is 0.571. The highest BCUT2D eigenvalue weighted by Crippen LogP contribution is 2.26. The highest BCUT2D eigenvalue weighted by molar-refractivity contribution is 4.86. The first kappa shape index (κ1) is 19.2. The number of hydrogen-bond donors (Lipinski definition) is 3. The third-order valence-corrected chi connectivity index (χ3v) is 5.82. The van der Waals surface area contributed by atoms with Crippen molar-refractivity contribution < 1.29 is 5.11 Å². The molecule has 3 unspecified atom stereocenters. The molecule has 1 aliphatic heterocycles. The molecule has 4 heteroatoms. The van der Waals surface area contributed by atoms with E-state index in [2.05, 4.69) is 24.1 Å². The van der Waals surface area contributed by atoms with Gasteiger partial charge in [0.2, 0.25) is 0 Å². The van der Waals surface area contributed by atoms with Crippen molar-refractivity contribution in [1.29, 1.82) is 0 Å². The van der Waals surface area contributed by atoms with Crippen LogP contribution in [0.3, 0.4) is 0 Å². The standard InChI is InChI=1S/C19H39N3O/c1-15(2)19(23)11-17-10-18(14-22(13-17)9-8-20)21-12-16-6-4-3-5-7-16/h15-19,21,23H,3-14,20H2,1-2H3. The van der Waals surface area contributed by atoms with Crippen LogP contribution in [0.1, 0.15) is 58.8 Å². The quantitative estimate of drug-likeness (QED) is 0.640. The third kappa shape index (κ3) is 6.69. The van der Waals surface area contributed by atoms with Crippen LogP contribution in [0.5, 0.6) is 0 Å². The van der Waals surface area contributed by atoms with Gasteiger partial charge in [-0.3, -0.25) is 0 Å². The Balaban J connectivity index is 1.81. The van der Waals surface area contributed by atoms with Crippen LogP contribution in [0.4, 0.5) is 0 Å². The van der Waals surface area contributed by atoms with Gasteiger partial charge >= 0.3 is 0 Å². The smallest absolute Gasteiger partial charge is 0.0566 e. The number of nitrogens with zero attached hydrogens (tertiary/aromatic N) is 1. The summed E-state index contributed by atoms with van der Waals surface area (Å²) in [5, 5.41) is 14.1. The second-order valence-corrected chi connectivity index (χ2v) is 8.31.